The summed E-state index contributed by atoms with van der Waals surface area (Å²) in [5, 5.41) is 34.9. The highest BCUT2D eigenvalue weighted by Crippen LogP contribution is 2.28. The summed E-state index contributed by atoms with van der Waals surface area (Å²) in [7, 11) is 0. The summed E-state index contributed by atoms with van der Waals surface area (Å²) >= 11 is 0. The molecule has 0 aliphatic heterocycles. The first kappa shape index (κ1) is 16.3. The standard InChI is InChI=1S/C19H16N2O4/c1-11-16(22)7-6-14(18(11)24)10-20-21-19(25)15-8-12-4-2-3-5-13(12)9-17(15)23/h2-10,22-24H,1H3,(H,21,25)/b20-10+. The van der Waals surface area contributed by atoms with Crippen LogP contribution < -0.4 is 5.43 Å². The number of aromatic hydroxyl groups is 3. The molecule has 0 fully saturated rings. The summed E-state index contributed by atoms with van der Waals surface area (Å²) in [5.74, 6) is -0.865. The monoisotopic (exact) mass is 336 g/mol. The van der Waals surface area contributed by atoms with Crippen LogP contribution in [0.15, 0.2) is 53.6 Å². The molecule has 3 aromatic carbocycles. The van der Waals surface area contributed by atoms with E-state index < -0.39 is 5.91 Å². The fourth-order valence-corrected chi connectivity index (χ4v) is 2.45. The summed E-state index contributed by atoms with van der Waals surface area (Å²) < 4.78 is 0. The van der Waals surface area contributed by atoms with Gasteiger partial charge < -0.3 is 15.3 Å². The van der Waals surface area contributed by atoms with E-state index in [1.807, 2.05) is 24.3 Å². The predicted molar refractivity (Wildman–Crippen MR) is 95.2 cm³/mol. The van der Waals surface area contributed by atoms with Gasteiger partial charge in [-0.1, -0.05) is 24.3 Å². The zero-order valence-corrected chi connectivity index (χ0v) is 13.4. The van der Waals surface area contributed by atoms with Gasteiger partial charge in [0.2, 0.25) is 0 Å². The third-order valence-electron chi connectivity index (χ3n) is 3.91. The molecule has 126 valence electrons. The molecule has 0 saturated carbocycles. The van der Waals surface area contributed by atoms with E-state index in [4.69, 9.17) is 0 Å². The van der Waals surface area contributed by atoms with Crippen molar-refractivity contribution >= 4 is 22.9 Å². The Labute approximate surface area is 143 Å². The molecule has 0 saturated heterocycles. The van der Waals surface area contributed by atoms with Crippen molar-refractivity contribution in [1.29, 1.82) is 0 Å². The Balaban J connectivity index is 1.81. The third-order valence-corrected chi connectivity index (χ3v) is 3.91. The van der Waals surface area contributed by atoms with Crippen LogP contribution in [0.1, 0.15) is 21.5 Å². The number of nitrogens with one attached hydrogen (secondary N) is 1. The van der Waals surface area contributed by atoms with Crippen molar-refractivity contribution in [3.05, 3.63) is 65.2 Å². The van der Waals surface area contributed by atoms with E-state index in [0.717, 1.165) is 10.8 Å². The van der Waals surface area contributed by atoms with Gasteiger partial charge in [0.1, 0.15) is 17.2 Å². The SMILES string of the molecule is Cc1c(O)ccc(/C=N/NC(=O)c2cc3ccccc3cc2O)c1O. The lowest BCUT2D eigenvalue weighted by Gasteiger charge is -2.06. The molecule has 6 nitrogen and oxygen atoms in total. The summed E-state index contributed by atoms with van der Waals surface area (Å²) in [4.78, 5) is 12.2. The molecule has 0 atom stereocenters. The van der Waals surface area contributed by atoms with Crippen LogP contribution in [-0.2, 0) is 0 Å². The van der Waals surface area contributed by atoms with Crippen LogP contribution in [0.3, 0.4) is 0 Å². The molecular formula is C19H16N2O4. The lowest BCUT2D eigenvalue weighted by molar-refractivity contribution is 0.0952. The Morgan fingerprint density at radius 3 is 2.40 bits per heavy atom. The fraction of sp³-hybridized carbons (Fsp3) is 0.0526. The number of hydrogen-bond acceptors (Lipinski definition) is 5. The maximum atomic E-state index is 12.2. The molecule has 25 heavy (non-hydrogen) atoms. The molecule has 0 heterocycles. The first-order chi connectivity index (χ1) is 12.0. The van der Waals surface area contributed by atoms with E-state index in [-0.39, 0.29) is 22.8 Å². The number of phenols is 3. The smallest absolute Gasteiger partial charge is 0.275 e. The highest BCUT2D eigenvalue weighted by molar-refractivity contribution is 6.01. The maximum Gasteiger partial charge on any atom is 0.275 e. The summed E-state index contributed by atoms with van der Waals surface area (Å²) in [6, 6.07) is 13.4. The molecule has 0 unspecified atom stereocenters. The number of fused-ring (bicyclic) bond motifs is 1. The van der Waals surface area contributed by atoms with E-state index in [2.05, 4.69) is 10.5 Å². The Morgan fingerprint density at radius 2 is 1.68 bits per heavy atom. The Kier molecular flexibility index (Phi) is 4.26. The Bertz CT molecular complexity index is 996. The average Bonchev–Trinajstić information content (AvgIpc) is 2.61. The van der Waals surface area contributed by atoms with E-state index in [1.165, 1.54) is 24.4 Å². The quantitative estimate of drug-likeness (QED) is 0.436. The Hall–Kier alpha value is -3.54. The van der Waals surface area contributed by atoms with Crippen LogP contribution in [-0.4, -0.2) is 27.4 Å². The summed E-state index contributed by atoms with van der Waals surface area (Å²) in [6.45, 7) is 1.56. The van der Waals surface area contributed by atoms with Crippen molar-refractivity contribution in [1.82, 2.24) is 5.43 Å². The largest absolute Gasteiger partial charge is 0.508 e. The average molecular weight is 336 g/mol. The number of phenolic OH excluding ortho intramolecular Hbond substituents is 3. The van der Waals surface area contributed by atoms with E-state index in [0.29, 0.717) is 11.1 Å². The second-order valence-corrected chi connectivity index (χ2v) is 5.56. The van der Waals surface area contributed by atoms with Gasteiger partial charge >= 0.3 is 0 Å². The normalized spacial score (nSPS) is 11.1. The lowest BCUT2D eigenvalue weighted by Crippen LogP contribution is -2.17. The minimum atomic E-state index is -0.575. The summed E-state index contributed by atoms with van der Waals surface area (Å²) in [6.07, 6.45) is 1.26. The Morgan fingerprint density at radius 1 is 1.00 bits per heavy atom. The first-order valence-electron chi connectivity index (χ1n) is 7.54. The van der Waals surface area contributed by atoms with Gasteiger partial charge in [-0.2, -0.15) is 5.10 Å². The second-order valence-electron chi connectivity index (χ2n) is 5.56. The first-order valence-corrected chi connectivity index (χ1v) is 7.54. The highest BCUT2D eigenvalue weighted by atomic mass is 16.3. The van der Waals surface area contributed by atoms with E-state index in [9.17, 15) is 20.1 Å². The number of carbonyl (C=O) groups excluding carboxylic acids is 1. The van der Waals surface area contributed by atoms with Gasteiger partial charge in [-0.3, -0.25) is 4.79 Å². The molecular weight excluding hydrogens is 320 g/mol. The number of hydrogen-bond donors (Lipinski definition) is 4. The van der Waals surface area contributed by atoms with Crippen LogP contribution in [0.4, 0.5) is 0 Å². The van der Waals surface area contributed by atoms with Crippen molar-refractivity contribution in [2.45, 2.75) is 6.92 Å². The number of hydrazone groups is 1. The van der Waals surface area contributed by atoms with Crippen molar-refractivity contribution in [2.24, 2.45) is 5.10 Å². The summed E-state index contributed by atoms with van der Waals surface area (Å²) in [5.41, 5.74) is 3.08. The van der Waals surface area contributed by atoms with Crippen molar-refractivity contribution in [3.8, 4) is 17.2 Å². The van der Waals surface area contributed by atoms with Crippen LogP contribution in [0.5, 0.6) is 17.2 Å². The van der Waals surface area contributed by atoms with Crippen LogP contribution >= 0.6 is 0 Å². The molecule has 0 radical (unpaired) electrons. The van der Waals surface area contributed by atoms with Crippen molar-refractivity contribution < 1.29 is 20.1 Å². The van der Waals surface area contributed by atoms with Crippen molar-refractivity contribution in [2.75, 3.05) is 0 Å². The van der Waals surface area contributed by atoms with Gasteiger partial charge in [0.25, 0.3) is 5.91 Å². The predicted octanol–water partition coefficient (Wildman–Crippen LogP) is 3.03. The van der Waals surface area contributed by atoms with Crippen molar-refractivity contribution in [3.63, 3.8) is 0 Å². The minimum Gasteiger partial charge on any atom is -0.508 e. The number of benzene rings is 3. The number of amides is 1. The van der Waals surface area contributed by atoms with Gasteiger partial charge in [-0.15, -0.1) is 0 Å². The van der Waals surface area contributed by atoms with Gasteiger partial charge in [0, 0.05) is 11.1 Å². The number of carbonyl (C=O) groups is 1. The highest BCUT2D eigenvalue weighted by Gasteiger charge is 2.12. The van der Waals surface area contributed by atoms with Gasteiger partial charge in [-0.25, -0.2) is 5.43 Å². The molecule has 3 rings (SSSR count). The van der Waals surface area contributed by atoms with Gasteiger partial charge in [0.15, 0.2) is 0 Å². The molecule has 1 amide bonds. The van der Waals surface area contributed by atoms with Crippen LogP contribution in [0.2, 0.25) is 0 Å². The molecule has 0 aliphatic carbocycles. The third kappa shape index (κ3) is 3.23. The molecule has 0 bridgehead atoms. The molecule has 4 N–H and O–H groups in total. The molecule has 6 heteroatoms. The fourth-order valence-electron chi connectivity index (χ4n) is 2.45. The maximum absolute atomic E-state index is 12.2. The minimum absolute atomic E-state index is 0.0280. The molecule has 0 aromatic heterocycles. The van der Waals surface area contributed by atoms with Crippen LogP contribution in [0.25, 0.3) is 10.8 Å². The lowest BCUT2D eigenvalue weighted by atomic mass is 10.1. The number of rotatable bonds is 3. The molecule has 0 spiro atoms. The van der Waals surface area contributed by atoms with E-state index >= 15 is 0 Å². The zero-order chi connectivity index (χ0) is 18.0. The van der Waals surface area contributed by atoms with Gasteiger partial charge in [-0.05, 0) is 42.0 Å². The molecule has 0 aliphatic rings. The van der Waals surface area contributed by atoms with Gasteiger partial charge in [0.05, 0.1) is 11.8 Å². The molecule has 3 aromatic rings. The van der Waals surface area contributed by atoms with E-state index in [1.54, 1.807) is 13.0 Å². The zero-order valence-electron chi connectivity index (χ0n) is 13.4. The number of nitrogens with zero attached hydrogens (tertiary/aromatic N) is 1. The second kappa shape index (κ2) is 6.52. The topological polar surface area (TPSA) is 102 Å². The van der Waals surface area contributed by atoms with Crippen LogP contribution in [0, 0.1) is 6.92 Å².